The van der Waals surface area contributed by atoms with Crippen LogP contribution in [-0.4, -0.2) is 4.98 Å². The molecule has 2 heteroatoms. The molecule has 2 rings (SSSR count). The first-order valence-electron chi connectivity index (χ1n) is 2.99. The Morgan fingerprint density at radius 2 is 1.80 bits per heavy atom. The van der Waals surface area contributed by atoms with Gasteiger partial charge in [0, 0.05) is 61.1 Å². The van der Waals surface area contributed by atoms with Crippen molar-refractivity contribution < 1.29 is 49.4 Å². The third kappa shape index (κ3) is 1.50. The van der Waals surface area contributed by atoms with Crippen molar-refractivity contribution in [3.63, 3.8) is 0 Å². The molecule has 0 saturated heterocycles. The van der Waals surface area contributed by atoms with Crippen molar-refractivity contribution in [1.82, 2.24) is 4.98 Å². The zero-order valence-electron chi connectivity index (χ0n) is 5.34. The molecule has 0 bridgehead atoms. The van der Waals surface area contributed by atoms with Crippen LogP contribution < -0.4 is 0 Å². The van der Waals surface area contributed by atoms with Gasteiger partial charge in [0.05, 0.1) is 0 Å². The number of fused-ring (bicyclic) bond motifs is 1. The van der Waals surface area contributed by atoms with Crippen LogP contribution >= 0.6 is 0 Å². The van der Waals surface area contributed by atoms with Gasteiger partial charge in [0.25, 0.3) is 0 Å². The average Bonchev–Trinajstić information content (AvgIpc) is 2.33. The van der Waals surface area contributed by atoms with E-state index in [0.29, 0.717) is 0 Å². The summed E-state index contributed by atoms with van der Waals surface area (Å²) in [7, 11) is 0. The molecule has 1 aromatic carbocycles. The minimum atomic E-state index is 0. The van der Waals surface area contributed by atoms with Crippen LogP contribution in [0.15, 0.2) is 36.5 Å². The molecular weight excluding hydrogens is 262 g/mol. The Hall–Kier alpha value is 0.344. The summed E-state index contributed by atoms with van der Waals surface area (Å²) in [6.07, 6.45) is 1.95. The minimum Gasteiger partial charge on any atom is -0.361 e. The van der Waals surface area contributed by atoms with E-state index in [4.69, 9.17) is 0 Å². The summed E-state index contributed by atoms with van der Waals surface area (Å²) < 4.78 is 0. The van der Waals surface area contributed by atoms with Gasteiger partial charge in [0.2, 0.25) is 0 Å². The largest absolute Gasteiger partial charge is 0.361 e. The van der Waals surface area contributed by atoms with Crippen molar-refractivity contribution >= 4 is 10.9 Å². The first kappa shape index (κ1) is 8.44. The Kier molecular flexibility index (Phi) is 3.08. The van der Waals surface area contributed by atoms with Gasteiger partial charge in [-0.3, -0.25) is 0 Å². The zero-order chi connectivity index (χ0) is 6.10. The topological polar surface area (TPSA) is 15.8 Å². The molecule has 0 aliphatic heterocycles. The summed E-state index contributed by atoms with van der Waals surface area (Å²) in [5.74, 6) is 0. The number of benzene rings is 1. The van der Waals surface area contributed by atoms with Crippen molar-refractivity contribution in [2.24, 2.45) is 0 Å². The molecule has 0 aliphatic carbocycles. The number of H-pyrrole nitrogens is 1. The molecule has 0 fully saturated rings. The van der Waals surface area contributed by atoms with E-state index in [9.17, 15) is 0 Å². The van der Waals surface area contributed by atoms with Gasteiger partial charge in [0.1, 0.15) is 0 Å². The molecule has 1 aromatic heterocycles. The molecule has 0 aliphatic rings. The van der Waals surface area contributed by atoms with Gasteiger partial charge < -0.3 is 4.98 Å². The molecule has 0 spiro atoms. The second kappa shape index (κ2) is 3.65. The number of hydrogen-bond donors (Lipinski definition) is 1. The van der Waals surface area contributed by atoms with Crippen LogP contribution in [0, 0.1) is 49.4 Å². The molecule has 1 N–H and O–H groups in total. The maximum absolute atomic E-state index is 3.12. The van der Waals surface area contributed by atoms with E-state index in [1.807, 2.05) is 18.3 Å². The fraction of sp³-hybridized carbons (Fsp3) is 0. The van der Waals surface area contributed by atoms with E-state index in [1.54, 1.807) is 0 Å². The van der Waals surface area contributed by atoms with Crippen molar-refractivity contribution in [2.45, 2.75) is 0 Å². The third-order valence-corrected chi connectivity index (χ3v) is 1.46. The predicted molar refractivity (Wildman–Crippen MR) is 38.3 cm³/mol. The van der Waals surface area contributed by atoms with E-state index in [-0.39, 0.29) is 49.4 Å². The smallest absolute Gasteiger partial charge is 0.0453 e. The Balaban J connectivity index is 0.000000500. The number of aromatic amines is 1. The van der Waals surface area contributed by atoms with Crippen LogP contribution in [0.25, 0.3) is 10.9 Å². The molecule has 1 heterocycles. The Morgan fingerprint density at radius 3 is 2.60 bits per heavy atom. The van der Waals surface area contributed by atoms with Gasteiger partial charge in [-0.15, -0.1) is 0 Å². The molecule has 2 aromatic rings. The molecular formula is C8H7EuN. The quantitative estimate of drug-likeness (QED) is 0.754. The molecule has 0 saturated carbocycles. The Bertz CT molecular complexity index is 283. The molecule has 0 unspecified atom stereocenters. The number of para-hydroxylation sites is 1. The number of aromatic nitrogens is 1. The SMILES string of the molecule is [Eu].c1ccc2[nH]ccc2c1. The fourth-order valence-corrected chi connectivity index (χ4v) is 0.995. The summed E-state index contributed by atoms with van der Waals surface area (Å²) in [6, 6.07) is 10.3. The predicted octanol–water partition coefficient (Wildman–Crippen LogP) is 2.17. The van der Waals surface area contributed by atoms with Gasteiger partial charge in [-0.1, -0.05) is 18.2 Å². The zero-order valence-corrected chi connectivity index (χ0v) is 7.77. The Morgan fingerprint density at radius 1 is 1.00 bits per heavy atom. The third-order valence-electron chi connectivity index (χ3n) is 1.46. The van der Waals surface area contributed by atoms with E-state index in [0.717, 1.165) is 0 Å². The number of hydrogen-bond acceptors (Lipinski definition) is 0. The van der Waals surface area contributed by atoms with Crippen LogP contribution in [0.3, 0.4) is 0 Å². The summed E-state index contributed by atoms with van der Waals surface area (Å²) in [6.45, 7) is 0. The van der Waals surface area contributed by atoms with Crippen LogP contribution in [0.5, 0.6) is 0 Å². The van der Waals surface area contributed by atoms with E-state index in [2.05, 4.69) is 23.2 Å². The minimum absolute atomic E-state index is 0. The van der Waals surface area contributed by atoms with Crippen LogP contribution in [0.2, 0.25) is 0 Å². The fourth-order valence-electron chi connectivity index (χ4n) is 0.995. The number of rotatable bonds is 0. The monoisotopic (exact) mass is 270 g/mol. The van der Waals surface area contributed by atoms with E-state index in [1.165, 1.54) is 10.9 Å². The number of nitrogens with one attached hydrogen (secondary N) is 1. The summed E-state index contributed by atoms with van der Waals surface area (Å²) >= 11 is 0. The second-order valence-corrected chi connectivity index (χ2v) is 2.06. The molecule has 1 radical (unpaired) electrons. The maximum Gasteiger partial charge on any atom is 0.0453 e. The van der Waals surface area contributed by atoms with Crippen molar-refractivity contribution in [1.29, 1.82) is 0 Å². The van der Waals surface area contributed by atoms with Crippen LogP contribution in [-0.2, 0) is 0 Å². The molecule has 0 atom stereocenters. The maximum atomic E-state index is 3.12. The van der Waals surface area contributed by atoms with Crippen molar-refractivity contribution in [3.05, 3.63) is 36.5 Å². The first-order valence-corrected chi connectivity index (χ1v) is 2.99. The Labute approximate surface area is 100 Å². The standard InChI is InChI=1S/C8H7N.Eu/c1-2-4-8-7(3-1)5-6-9-8;/h1-6,9H;. The normalized spacial score (nSPS) is 9.20. The van der Waals surface area contributed by atoms with Gasteiger partial charge >= 0.3 is 0 Å². The average molecular weight is 269 g/mol. The summed E-state index contributed by atoms with van der Waals surface area (Å²) in [5.41, 5.74) is 1.21. The van der Waals surface area contributed by atoms with E-state index >= 15 is 0 Å². The van der Waals surface area contributed by atoms with Gasteiger partial charge in [0.15, 0.2) is 0 Å². The van der Waals surface area contributed by atoms with E-state index < -0.39 is 0 Å². The molecule has 51 valence electrons. The molecule has 1 nitrogen and oxygen atoms in total. The second-order valence-electron chi connectivity index (χ2n) is 2.06. The molecule has 10 heavy (non-hydrogen) atoms. The first-order chi connectivity index (χ1) is 4.47. The summed E-state index contributed by atoms with van der Waals surface area (Å²) in [4.78, 5) is 3.12. The van der Waals surface area contributed by atoms with Crippen molar-refractivity contribution in [2.75, 3.05) is 0 Å². The van der Waals surface area contributed by atoms with Crippen LogP contribution in [0.1, 0.15) is 0 Å². The summed E-state index contributed by atoms with van der Waals surface area (Å²) in [5, 5.41) is 1.28. The van der Waals surface area contributed by atoms with Crippen molar-refractivity contribution in [3.8, 4) is 0 Å². The van der Waals surface area contributed by atoms with Gasteiger partial charge in [-0.2, -0.15) is 0 Å². The van der Waals surface area contributed by atoms with Gasteiger partial charge in [-0.05, 0) is 17.5 Å². The van der Waals surface area contributed by atoms with Crippen LogP contribution in [0.4, 0.5) is 0 Å². The van der Waals surface area contributed by atoms with Gasteiger partial charge in [-0.25, -0.2) is 0 Å². The molecule has 0 amide bonds.